The number of aromatic nitrogens is 4. The van der Waals surface area contributed by atoms with Gasteiger partial charge >= 0.3 is 0 Å². The molecule has 29 heavy (non-hydrogen) atoms. The fraction of sp³-hybridized carbons (Fsp3) is 0.409. The number of likely N-dealkylation sites (tertiary alicyclic amines) is 1. The summed E-state index contributed by atoms with van der Waals surface area (Å²) in [6.07, 6.45) is 10.1. The normalized spacial score (nSPS) is 18.9. The first-order valence-electron chi connectivity index (χ1n) is 10.3. The maximum absolute atomic E-state index is 4.67. The standard InChI is InChI=1S/C22H24N6S/c1-2-17-9-18-20(24-15-25-21(18)29-17)28-7-5-22(14-28)12-26(13-22)10-16-3-4-19-23-6-8-27(19)11-16/h3-4,6,8-9,11,15H,2,5,7,10,12-14H2,1H3. The zero-order chi connectivity index (χ0) is 19.4. The number of nitrogens with zero attached hydrogens (tertiary/aromatic N) is 6. The van der Waals surface area contributed by atoms with Crippen LogP contribution in [0.4, 0.5) is 5.82 Å². The Bertz CT molecular complexity index is 1190. The second kappa shape index (κ2) is 6.50. The summed E-state index contributed by atoms with van der Waals surface area (Å²) in [5, 5.41) is 1.23. The zero-order valence-corrected chi connectivity index (χ0v) is 17.4. The van der Waals surface area contributed by atoms with Gasteiger partial charge in [-0.15, -0.1) is 11.3 Å². The lowest BCUT2D eigenvalue weighted by atomic mass is 9.79. The molecule has 7 heteroatoms. The van der Waals surface area contributed by atoms with E-state index < -0.39 is 0 Å². The van der Waals surface area contributed by atoms with E-state index in [1.165, 1.54) is 35.3 Å². The van der Waals surface area contributed by atoms with Crippen molar-refractivity contribution >= 4 is 33.0 Å². The van der Waals surface area contributed by atoms with Gasteiger partial charge in [0.15, 0.2) is 0 Å². The van der Waals surface area contributed by atoms with Gasteiger partial charge in [-0.3, -0.25) is 4.90 Å². The van der Waals surface area contributed by atoms with Crippen LogP contribution in [-0.2, 0) is 13.0 Å². The average molecular weight is 405 g/mol. The molecule has 0 aliphatic carbocycles. The maximum Gasteiger partial charge on any atom is 0.140 e. The van der Waals surface area contributed by atoms with Crippen LogP contribution in [0.15, 0.2) is 43.1 Å². The number of imidazole rings is 1. The van der Waals surface area contributed by atoms with Gasteiger partial charge in [-0.25, -0.2) is 15.0 Å². The van der Waals surface area contributed by atoms with E-state index in [1.807, 2.05) is 12.4 Å². The van der Waals surface area contributed by atoms with Gasteiger partial charge in [-0.1, -0.05) is 13.0 Å². The van der Waals surface area contributed by atoms with Crippen LogP contribution in [0.25, 0.3) is 15.9 Å². The van der Waals surface area contributed by atoms with Gasteiger partial charge in [0.05, 0.1) is 5.39 Å². The third-order valence-electron chi connectivity index (χ3n) is 6.42. The summed E-state index contributed by atoms with van der Waals surface area (Å²) in [4.78, 5) is 21.1. The van der Waals surface area contributed by atoms with E-state index in [9.17, 15) is 0 Å². The summed E-state index contributed by atoms with van der Waals surface area (Å²) in [6, 6.07) is 6.60. The molecular formula is C22H24N6S. The van der Waals surface area contributed by atoms with Crippen molar-refractivity contribution < 1.29 is 0 Å². The van der Waals surface area contributed by atoms with Crippen molar-refractivity contribution in [2.45, 2.75) is 26.3 Å². The molecule has 6 nitrogen and oxygen atoms in total. The Labute approximate surface area is 173 Å². The number of rotatable bonds is 4. The van der Waals surface area contributed by atoms with Crippen molar-refractivity contribution in [3.63, 3.8) is 0 Å². The maximum atomic E-state index is 4.67. The number of thiophene rings is 1. The molecule has 2 saturated heterocycles. The van der Waals surface area contributed by atoms with Gasteiger partial charge in [0, 0.05) is 61.6 Å². The first-order chi connectivity index (χ1) is 14.2. The summed E-state index contributed by atoms with van der Waals surface area (Å²) in [5.41, 5.74) is 2.78. The van der Waals surface area contributed by atoms with E-state index in [0.717, 1.165) is 42.4 Å². The highest BCUT2D eigenvalue weighted by Crippen LogP contribution is 2.43. The van der Waals surface area contributed by atoms with Gasteiger partial charge in [-0.2, -0.15) is 0 Å². The van der Waals surface area contributed by atoms with Crippen molar-refractivity contribution in [3.05, 3.63) is 53.6 Å². The van der Waals surface area contributed by atoms with Crippen LogP contribution in [-0.4, -0.2) is 50.4 Å². The van der Waals surface area contributed by atoms with Crippen LogP contribution in [0.2, 0.25) is 0 Å². The molecule has 0 aromatic carbocycles. The van der Waals surface area contributed by atoms with Crippen molar-refractivity contribution in [2.24, 2.45) is 5.41 Å². The lowest BCUT2D eigenvalue weighted by Crippen LogP contribution is -2.56. The zero-order valence-electron chi connectivity index (χ0n) is 16.6. The molecule has 0 amide bonds. The predicted molar refractivity (Wildman–Crippen MR) is 117 cm³/mol. The van der Waals surface area contributed by atoms with Gasteiger partial charge in [0.2, 0.25) is 0 Å². The quantitative estimate of drug-likeness (QED) is 0.520. The third-order valence-corrected chi connectivity index (χ3v) is 7.61. The van der Waals surface area contributed by atoms with Crippen molar-refractivity contribution in [3.8, 4) is 0 Å². The number of pyridine rings is 1. The SMILES string of the molecule is CCc1cc2c(N3CCC4(CN(Cc5ccc6nccn6c5)C4)C3)ncnc2s1. The largest absolute Gasteiger partial charge is 0.355 e. The van der Waals surface area contributed by atoms with Gasteiger partial charge in [-0.05, 0) is 30.5 Å². The van der Waals surface area contributed by atoms with E-state index in [4.69, 9.17) is 0 Å². The minimum Gasteiger partial charge on any atom is -0.355 e. The highest BCUT2D eigenvalue weighted by Gasteiger charge is 2.47. The summed E-state index contributed by atoms with van der Waals surface area (Å²) in [6.45, 7) is 7.76. The molecule has 0 atom stereocenters. The van der Waals surface area contributed by atoms with Crippen LogP contribution in [0.3, 0.4) is 0 Å². The Balaban J connectivity index is 1.15. The highest BCUT2D eigenvalue weighted by molar-refractivity contribution is 7.18. The predicted octanol–water partition coefficient (Wildman–Crippen LogP) is 3.61. The average Bonchev–Trinajstić information content (AvgIpc) is 3.44. The molecule has 0 saturated carbocycles. The molecule has 6 rings (SSSR count). The Morgan fingerprint density at radius 3 is 2.97 bits per heavy atom. The minimum atomic E-state index is 0.417. The van der Waals surface area contributed by atoms with Crippen LogP contribution < -0.4 is 4.90 Å². The molecule has 1 spiro atoms. The highest BCUT2D eigenvalue weighted by atomic mass is 32.1. The Morgan fingerprint density at radius 1 is 1.14 bits per heavy atom. The summed E-state index contributed by atoms with van der Waals surface area (Å²) >= 11 is 1.80. The van der Waals surface area contributed by atoms with E-state index in [2.05, 4.69) is 60.5 Å². The smallest absolute Gasteiger partial charge is 0.140 e. The topological polar surface area (TPSA) is 49.6 Å². The van der Waals surface area contributed by atoms with Gasteiger partial charge in [0.25, 0.3) is 0 Å². The monoisotopic (exact) mass is 404 g/mol. The second-order valence-corrected chi connectivity index (χ2v) is 9.64. The van der Waals surface area contributed by atoms with E-state index in [1.54, 1.807) is 17.7 Å². The minimum absolute atomic E-state index is 0.417. The number of aryl methyl sites for hydroxylation is 1. The summed E-state index contributed by atoms with van der Waals surface area (Å²) in [7, 11) is 0. The Hall–Kier alpha value is -2.51. The van der Waals surface area contributed by atoms with E-state index in [0.29, 0.717) is 5.41 Å². The molecule has 0 bridgehead atoms. The number of hydrogen-bond donors (Lipinski definition) is 0. The van der Waals surface area contributed by atoms with Crippen LogP contribution >= 0.6 is 11.3 Å². The fourth-order valence-electron chi connectivity index (χ4n) is 5.03. The number of fused-ring (bicyclic) bond motifs is 2. The number of anilines is 1. The molecule has 4 aromatic rings. The summed E-state index contributed by atoms with van der Waals surface area (Å²) in [5.74, 6) is 1.13. The lowest BCUT2D eigenvalue weighted by Gasteiger charge is -2.48. The molecule has 2 aliphatic heterocycles. The molecule has 2 aliphatic rings. The molecule has 2 fully saturated rings. The number of hydrogen-bond acceptors (Lipinski definition) is 6. The fourth-order valence-corrected chi connectivity index (χ4v) is 5.95. The van der Waals surface area contributed by atoms with Gasteiger partial charge in [0.1, 0.15) is 22.6 Å². The first-order valence-corrected chi connectivity index (χ1v) is 11.2. The molecule has 0 unspecified atom stereocenters. The molecule has 0 radical (unpaired) electrons. The Kier molecular flexibility index (Phi) is 3.89. The van der Waals surface area contributed by atoms with Gasteiger partial charge < -0.3 is 9.30 Å². The molecule has 4 aromatic heterocycles. The van der Waals surface area contributed by atoms with Crippen molar-refractivity contribution in [2.75, 3.05) is 31.1 Å². The second-order valence-electron chi connectivity index (χ2n) is 8.53. The molecular weight excluding hydrogens is 380 g/mol. The molecule has 0 N–H and O–H groups in total. The van der Waals surface area contributed by atoms with Crippen molar-refractivity contribution in [1.29, 1.82) is 0 Å². The summed E-state index contributed by atoms with van der Waals surface area (Å²) < 4.78 is 2.11. The van der Waals surface area contributed by atoms with Crippen molar-refractivity contribution in [1.82, 2.24) is 24.3 Å². The van der Waals surface area contributed by atoms with Crippen LogP contribution in [0, 0.1) is 5.41 Å². The Morgan fingerprint density at radius 2 is 2.07 bits per heavy atom. The first kappa shape index (κ1) is 17.4. The molecule has 148 valence electrons. The van der Waals surface area contributed by atoms with E-state index >= 15 is 0 Å². The molecule has 6 heterocycles. The van der Waals surface area contributed by atoms with E-state index in [-0.39, 0.29) is 0 Å². The third kappa shape index (κ3) is 2.91. The van der Waals surface area contributed by atoms with Crippen LogP contribution in [0.5, 0.6) is 0 Å². The lowest BCUT2D eigenvalue weighted by molar-refractivity contribution is 0.0116. The van der Waals surface area contributed by atoms with Crippen LogP contribution in [0.1, 0.15) is 23.8 Å².